The van der Waals surface area contributed by atoms with Gasteiger partial charge in [-0.3, -0.25) is 9.89 Å². The number of hydrogen-bond acceptors (Lipinski definition) is 3. The van der Waals surface area contributed by atoms with Gasteiger partial charge in [0.1, 0.15) is 12.2 Å². The predicted molar refractivity (Wildman–Crippen MR) is 77.7 cm³/mol. The molecular weight excluding hydrogens is 299 g/mol. The summed E-state index contributed by atoms with van der Waals surface area (Å²) in [5.74, 6) is 0.558. The van der Waals surface area contributed by atoms with Crippen LogP contribution in [0.15, 0.2) is 24.5 Å². The number of aromatic amines is 1. The zero-order chi connectivity index (χ0) is 14.5. The topological polar surface area (TPSA) is 70.7 Å². The van der Waals surface area contributed by atoms with Crippen molar-refractivity contribution in [1.29, 1.82) is 0 Å². The summed E-state index contributed by atoms with van der Waals surface area (Å²) < 4.78 is 0. The SMILES string of the molecule is CC(NC(=O)CCc1ccc(Cl)cc1Cl)c1ncn[nH]1. The number of hydrogen-bond donors (Lipinski definition) is 2. The number of amides is 1. The number of benzene rings is 1. The van der Waals surface area contributed by atoms with Crippen molar-refractivity contribution in [2.45, 2.75) is 25.8 Å². The first-order valence-electron chi connectivity index (χ1n) is 6.15. The highest BCUT2D eigenvalue weighted by Crippen LogP contribution is 2.22. The molecule has 1 amide bonds. The van der Waals surface area contributed by atoms with E-state index in [-0.39, 0.29) is 11.9 Å². The van der Waals surface area contributed by atoms with Gasteiger partial charge in [0.2, 0.25) is 5.91 Å². The number of nitrogens with one attached hydrogen (secondary N) is 2. The molecule has 0 aliphatic carbocycles. The van der Waals surface area contributed by atoms with Gasteiger partial charge in [-0.15, -0.1) is 0 Å². The molecule has 5 nitrogen and oxygen atoms in total. The molecular formula is C13H14Cl2N4O. The van der Waals surface area contributed by atoms with E-state index < -0.39 is 0 Å². The molecule has 0 saturated carbocycles. The summed E-state index contributed by atoms with van der Waals surface area (Å²) in [6, 6.07) is 5.06. The maximum atomic E-state index is 11.9. The summed E-state index contributed by atoms with van der Waals surface area (Å²) in [6.45, 7) is 1.84. The van der Waals surface area contributed by atoms with E-state index in [1.54, 1.807) is 12.1 Å². The maximum Gasteiger partial charge on any atom is 0.220 e. The van der Waals surface area contributed by atoms with E-state index in [2.05, 4.69) is 20.5 Å². The maximum absolute atomic E-state index is 11.9. The van der Waals surface area contributed by atoms with Crippen LogP contribution in [0.2, 0.25) is 10.0 Å². The van der Waals surface area contributed by atoms with E-state index in [4.69, 9.17) is 23.2 Å². The molecule has 2 N–H and O–H groups in total. The van der Waals surface area contributed by atoms with Gasteiger partial charge in [-0.2, -0.15) is 5.10 Å². The first kappa shape index (κ1) is 14.8. The second kappa shape index (κ2) is 6.72. The molecule has 20 heavy (non-hydrogen) atoms. The number of aromatic nitrogens is 3. The second-order valence-electron chi connectivity index (χ2n) is 4.40. The van der Waals surface area contributed by atoms with Crippen LogP contribution in [0, 0.1) is 0 Å². The molecule has 0 spiro atoms. The number of carbonyl (C=O) groups is 1. The number of carbonyl (C=O) groups excluding carboxylic acids is 1. The van der Waals surface area contributed by atoms with Crippen molar-refractivity contribution < 1.29 is 4.79 Å². The Balaban J connectivity index is 1.86. The van der Waals surface area contributed by atoms with Gasteiger partial charge in [-0.05, 0) is 31.0 Å². The molecule has 0 bridgehead atoms. The lowest BCUT2D eigenvalue weighted by atomic mass is 10.1. The highest BCUT2D eigenvalue weighted by Gasteiger charge is 2.12. The predicted octanol–water partition coefficient (Wildman–Crippen LogP) is 2.92. The molecule has 0 saturated heterocycles. The van der Waals surface area contributed by atoms with Crippen LogP contribution in [-0.4, -0.2) is 21.1 Å². The van der Waals surface area contributed by atoms with Crippen LogP contribution in [0.1, 0.15) is 30.8 Å². The Morgan fingerprint density at radius 2 is 2.25 bits per heavy atom. The molecule has 1 aromatic heterocycles. The Bertz CT molecular complexity index is 586. The monoisotopic (exact) mass is 312 g/mol. The first-order chi connectivity index (χ1) is 9.56. The molecule has 1 aromatic carbocycles. The fourth-order valence-electron chi connectivity index (χ4n) is 1.78. The van der Waals surface area contributed by atoms with Crippen molar-refractivity contribution >= 4 is 29.1 Å². The normalized spacial score (nSPS) is 12.2. The lowest BCUT2D eigenvalue weighted by Crippen LogP contribution is -2.27. The molecule has 7 heteroatoms. The summed E-state index contributed by atoms with van der Waals surface area (Å²) in [4.78, 5) is 15.9. The van der Waals surface area contributed by atoms with Gasteiger partial charge < -0.3 is 5.32 Å². The van der Waals surface area contributed by atoms with Crippen LogP contribution in [0.3, 0.4) is 0 Å². The van der Waals surface area contributed by atoms with Crippen molar-refractivity contribution in [3.05, 3.63) is 46.0 Å². The average molecular weight is 313 g/mol. The number of H-pyrrole nitrogens is 1. The minimum absolute atomic E-state index is 0.0695. The van der Waals surface area contributed by atoms with E-state index in [0.717, 1.165) is 5.56 Å². The minimum Gasteiger partial charge on any atom is -0.346 e. The molecule has 0 aliphatic heterocycles. The smallest absolute Gasteiger partial charge is 0.220 e. The van der Waals surface area contributed by atoms with Gasteiger partial charge in [-0.25, -0.2) is 4.98 Å². The van der Waals surface area contributed by atoms with E-state index in [1.165, 1.54) is 6.33 Å². The van der Waals surface area contributed by atoms with E-state index in [1.807, 2.05) is 13.0 Å². The lowest BCUT2D eigenvalue weighted by Gasteiger charge is -2.11. The van der Waals surface area contributed by atoms with Crippen molar-refractivity contribution in [3.63, 3.8) is 0 Å². The third-order valence-electron chi connectivity index (χ3n) is 2.86. The standard InChI is InChI=1S/C13H14Cl2N4O/c1-8(13-16-7-17-19-13)18-12(20)5-3-9-2-4-10(14)6-11(9)15/h2,4,6-8H,3,5H2,1H3,(H,18,20)(H,16,17,19). The van der Waals surface area contributed by atoms with E-state index >= 15 is 0 Å². The van der Waals surface area contributed by atoms with Gasteiger partial charge >= 0.3 is 0 Å². The highest BCUT2D eigenvalue weighted by atomic mass is 35.5. The Hall–Kier alpha value is -1.59. The van der Waals surface area contributed by atoms with Crippen LogP contribution < -0.4 is 5.32 Å². The van der Waals surface area contributed by atoms with Crippen molar-refractivity contribution in [1.82, 2.24) is 20.5 Å². The van der Waals surface area contributed by atoms with Crippen LogP contribution in [0.25, 0.3) is 0 Å². The summed E-state index contributed by atoms with van der Waals surface area (Å²) in [7, 11) is 0. The molecule has 2 aromatic rings. The molecule has 2 rings (SSSR count). The van der Waals surface area contributed by atoms with Crippen LogP contribution >= 0.6 is 23.2 Å². The summed E-state index contributed by atoms with van der Waals surface area (Å²) >= 11 is 11.9. The number of aryl methyl sites for hydroxylation is 1. The molecule has 1 unspecified atom stereocenters. The third kappa shape index (κ3) is 3.95. The Morgan fingerprint density at radius 1 is 1.45 bits per heavy atom. The van der Waals surface area contributed by atoms with Crippen molar-refractivity contribution in [3.8, 4) is 0 Å². The van der Waals surface area contributed by atoms with Crippen molar-refractivity contribution in [2.24, 2.45) is 0 Å². The zero-order valence-electron chi connectivity index (χ0n) is 10.9. The van der Waals surface area contributed by atoms with Crippen LogP contribution in [0.4, 0.5) is 0 Å². The lowest BCUT2D eigenvalue weighted by molar-refractivity contribution is -0.121. The highest BCUT2D eigenvalue weighted by molar-refractivity contribution is 6.35. The van der Waals surface area contributed by atoms with Crippen molar-refractivity contribution in [2.75, 3.05) is 0 Å². The molecule has 1 heterocycles. The average Bonchev–Trinajstić information content (AvgIpc) is 2.91. The van der Waals surface area contributed by atoms with Gasteiger partial charge in [0.15, 0.2) is 0 Å². The molecule has 0 fully saturated rings. The quantitative estimate of drug-likeness (QED) is 0.891. The Labute approximate surface area is 126 Å². The van der Waals surface area contributed by atoms with Gasteiger partial charge in [0, 0.05) is 16.5 Å². The third-order valence-corrected chi connectivity index (χ3v) is 3.44. The molecule has 1 atom stereocenters. The summed E-state index contributed by atoms with van der Waals surface area (Å²) in [5.41, 5.74) is 0.901. The van der Waals surface area contributed by atoms with Crippen LogP contribution in [0.5, 0.6) is 0 Å². The minimum atomic E-state index is -0.203. The summed E-state index contributed by atoms with van der Waals surface area (Å²) in [6.07, 6.45) is 2.32. The van der Waals surface area contributed by atoms with Crippen LogP contribution in [-0.2, 0) is 11.2 Å². The Kier molecular flexibility index (Phi) is 4.98. The first-order valence-corrected chi connectivity index (χ1v) is 6.90. The molecule has 106 valence electrons. The van der Waals surface area contributed by atoms with Gasteiger partial charge in [-0.1, -0.05) is 29.3 Å². The number of rotatable bonds is 5. The van der Waals surface area contributed by atoms with Gasteiger partial charge in [0.25, 0.3) is 0 Å². The number of nitrogens with zero attached hydrogens (tertiary/aromatic N) is 2. The molecule has 0 radical (unpaired) electrons. The Morgan fingerprint density at radius 3 is 2.90 bits per heavy atom. The summed E-state index contributed by atoms with van der Waals surface area (Å²) in [5, 5.41) is 10.5. The number of halogens is 2. The fraction of sp³-hybridized carbons (Fsp3) is 0.308. The fourth-order valence-corrected chi connectivity index (χ4v) is 2.28. The second-order valence-corrected chi connectivity index (χ2v) is 5.24. The largest absolute Gasteiger partial charge is 0.346 e. The van der Waals surface area contributed by atoms with E-state index in [9.17, 15) is 4.79 Å². The zero-order valence-corrected chi connectivity index (χ0v) is 12.4. The van der Waals surface area contributed by atoms with E-state index in [0.29, 0.717) is 28.7 Å². The van der Waals surface area contributed by atoms with Gasteiger partial charge in [0.05, 0.1) is 6.04 Å². The molecule has 0 aliphatic rings.